The number of benzene rings is 1. The maximum Gasteiger partial charge on any atom is 0.408 e. The summed E-state index contributed by atoms with van der Waals surface area (Å²) in [5.41, 5.74) is 0.103. The molecule has 1 saturated heterocycles. The van der Waals surface area contributed by atoms with Crippen molar-refractivity contribution < 1.29 is 32.7 Å². The highest BCUT2D eigenvalue weighted by molar-refractivity contribution is 5.99. The number of nitrogens with zero attached hydrogens (tertiary/aromatic N) is 2. The summed E-state index contributed by atoms with van der Waals surface area (Å²) in [6, 6.07) is 3.23. The lowest BCUT2D eigenvalue weighted by Crippen LogP contribution is -2.49. The van der Waals surface area contributed by atoms with Gasteiger partial charge in [-0.2, -0.15) is 0 Å². The number of alkyl carbamates (subject to hydrolysis) is 1. The van der Waals surface area contributed by atoms with Gasteiger partial charge in [0.1, 0.15) is 11.6 Å². The Morgan fingerprint density at radius 2 is 1.94 bits per heavy atom. The van der Waals surface area contributed by atoms with E-state index in [1.807, 2.05) is 0 Å². The zero-order chi connectivity index (χ0) is 24.8. The molecule has 2 atom stereocenters. The minimum atomic E-state index is -0.993. The van der Waals surface area contributed by atoms with Gasteiger partial charge in [-0.25, -0.2) is 14.2 Å². The van der Waals surface area contributed by atoms with Crippen LogP contribution in [0.15, 0.2) is 22.6 Å². The van der Waals surface area contributed by atoms with Crippen LogP contribution in [-0.4, -0.2) is 66.1 Å². The lowest BCUT2D eigenvalue weighted by molar-refractivity contribution is -0.145. The number of carbonyl (C=O) groups excluding carboxylic acids is 3. The Bertz CT molecular complexity index is 1040. The average molecular weight is 490 g/mol. The van der Waals surface area contributed by atoms with Gasteiger partial charge in [-0.3, -0.25) is 9.59 Å². The summed E-state index contributed by atoms with van der Waals surface area (Å²) in [5, 5.41) is 2.55. The molecule has 0 radical (unpaired) electrons. The van der Waals surface area contributed by atoms with Gasteiger partial charge in [0.15, 0.2) is 17.5 Å². The van der Waals surface area contributed by atoms with Crippen LogP contribution < -0.4 is 5.32 Å². The van der Waals surface area contributed by atoms with Crippen LogP contribution in [0.2, 0.25) is 0 Å². The molecule has 10 heteroatoms. The molecule has 4 rings (SSSR count). The molecule has 190 valence electrons. The number of fused-ring (bicyclic) bond motifs is 1. The second-order valence-electron chi connectivity index (χ2n) is 9.15. The molecule has 2 amide bonds. The highest BCUT2D eigenvalue weighted by Crippen LogP contribution is 2.29. The highest BCUT2D eigenvalue weighted by Gasteiger charge is 2.33. The summed E-state index contributed by atoms with van der Waals surface area (Å²) in [6.45, 7) is 3.52. The van der Waals surface area contributed by atoms with Gasteiger partial charge < -0.3 is 24.1 Å². The van der Waals surface area contributed by atoms with Crippen molar-refractivity contribution in [3.8, 4) is 0 Å². The highest BCUT2D eigenvalue weighted by atomic mass is 19.1. The molecule has 1 aliphatic carbocycles. The maximum absolute atomic E-state index is 13.9. The smallest absolute Gasteiger partial charge is 0.408 e. The van der Waals surface area contributed by atoms with Gasteiger partial charge in [-0.1, -0.05) is 45.1 Å². The van der Waals surface area contributed by atoms with Gasteiger partial charge in [0.25, 0.3) is 11.8 Å². The van der Waals surface area contributed by atoms with E-state index < -0.39 is 29.8 Å². The number of morpholine rings is 1. The molecule has 2 fully saturated rings. The Labute approximate surface area is 203 Å². The summed E-state index contributed by atoms with van der Waals surface area (Å²) in [6.07, 6.45) is 4.31. The molecule has 35 heavy (non-hydrogen) atoms. The van der Waals surface area contributed by atoms with E-state index in [1.165, 1.54) is 24.6 Å². The fraction of sp³-hybridized carbons (Fsp3) is 0.600. The molecular formula is C25H32FN3O6. The number of ketones is 1. The normalized spacial score (nSPS) is 18.7. The number of aromatic nitrogens is 1. The van der Waals surface area contributed by atoms with Crippen molar-refractivity contribution in [2.75, 3.05) is 26.3 Å². The zero-order valence-electron chi connectivity index (χ0n) is 20.0. The Balaban J connectivity index is 1.43. The summed E-state index contributed by atoms with van der Waals surface area (Å²) in [7, 11) is 0. The molecule has 0 spiro atoms. The molecule has 1 aromatic carbocycles. The third kappa shape index (κ3) is 6.17. The van der Waals surface area contributed by atoms with E-state index in [1.54, 1.807) is 11.8 Å². The minimum absolute atomic E-state index is 0.114. The van der Waals surface area contributed by atoms with Crippen molar-refractivity contribution in [2.24, 2.45) is 5.92 Å². The second kappa shape index (κ2) is 11.6. The van der Waals surface area contributed by atoms with E-state index in [9.17, 15) is 18.8 Å². The Kier molecular flexibility index (Phi) is 8.33. The van der Waals surface area contributed by atoms with Crippen molar-refractivity contribution in [3.63, 3.8) is 0 Å². The van der Waals surface area contributed by atoms with Gasteiger partial charge in [0.05, 0.1) is 13.2 Å². The van der Waals surface area contributed by atoms with Crippen molar-refractivity contribution in [1.82, 2.24) is 15.2 Å². The predicted molar refractivity (Wildman–Crippen MR) is 124 cm³/mol. The number of nitrogens with one attached hydrogen (secondary N) is 1. The fourth-order valence-corrected chi connectivity index (χ4v) is 4.74. The molecule has 1 aromatic heterocycles. The quantitative estimate of drug-likeness (QED) is 0.561. The number of ether oxygens (including phenoxy) is 2. The number of Topliss-reactive ketones (excluding diaryl/α,β-unsaturated/α-hetero) is 1. The molecule has 2 aliphatic rings. The Morgan fingerprint density at radius 1 is 1.20 bits per heavy atom. The monoisotopic (exact) mass is 489 g/mol. The van der Waals surface area contributed by atoms with Crippen molar-refractivity contribution in [3.05, 3.63) is 29.9 Å². The summed E-state index contributed by atoms with van der Waals surface area (Å²) >= 11 is 0. The molecule has 9 nitrogen and oxygen atoms in total. The first-order chi connectivity index (χ1) is 17.0. The lowest BCUT2D eigenvalue weighted by atomic mass is 9.85. The van der Waals surface area contributed by atoms with Crippen LogP contribution >= 0.6 is 0 Å². The van der Waals surface area contributed by atoms with Gasteiger partial charge >= 0.3 is 6.09 Å². The predicted octanol–water partition coefficient (Wildman–Crippen LogP) is 3.85. The molecule has 0 bridgehead atoms. The van der Waals surface area contributed by atoms with E-state index in [-0.39, 0.29) is 29.3 Å². The first-order valence-electron chi connectivity index (χ1n) is 12.4. The number of amides is 2. The van der Waals surface area contributed by atoms with Crippen molar-refractivity contribution in [1.29, 1.82) is 0 Å². The van der Waals surface area contributed by atoms with E-state index in [0.29, 0.717) is 38.6 Å². The number of hydrogen-bond acceptors (Lipinski definition) is 7. The first-order valence-corrected chi connectivity index (χ1v) is 12.4. The van der Waals surface area contributed by atoms with Gasteiger partial charge in [0, 0.05) is 13.1 Å². The van der Waals surface area contributed by atoms with Crippen LogP contribution in [0.5, 0.6) is 0 Å². The molecular weight excluding hydrogens is 457 g/mol. The van der Waals surface area contributed by atoms with Crippen LogP contribution in [0.1, 0.15) is 62.6 Å². The van der Waals surface area contributed by atoms with Crippen LogP contribution in [-0.2, 0) is 14.3 Å². The largest absolute Gasteiger partial charge is 0.436 e. The van der Waals surface area contributed by atoms with E-state index in [4.69, 9.17) is 13.9 Å². The number of rotatable bonds is 8. The second-order valence-corrected chi connectivity index (χ2v) is 9.15. The molecule has 2 heterocycles. The molecule has 1 saturated carbocycles. The topological polar surface area (TPSA) is 111 Å². The van der Waals surface area contributed by atoms with Gasteiger partial charge in [-0.05, 0) is 30.9 Å². The third-order valence-electron chi connectivity index (χ3n) is 6.71. The standard InChI is InChI=1S/C25H32FN3O6/c1-2-18(21(30)23-27-19-10-6-9-17(26)22(19)35-23)28-25(32)34-20(15-16-7-4-3-5-8-16)24(31)29-11-13-33-14-12-29/h6,9-10,16,18,20H,2-5,7-8,11-15H2,1H3,(H,28,32)/t18-,20-/m0/s1. The average Bonchev–Trinajstić information content (AvgIpc) is 3.33. The first kappa shape index (κ1) is 25.1. The molecule has 1 aliphatic heterocycles. The van der Waals surface area contributed by atoms with Gasteiger partial charge in [0.2, 0.25) is 5.78 Å². The zero-order valence-corrected chi connectivity index (χ0v) is 20.0. The number of carbonyl (C=O) groups is 3. The number of oxazole rings is 1. The van der Waals surface area contributed by atoms with Crippen LogP contribution in [0.4, 0.5) is 9.18 Å². The van der Waals surface area contributed by atoms with Crippen LogP contribution in [0.3, 0.4) is 0 Å². The Hall–Kier alpha value is -3.01. The van der Waals surface area contributed by atoms with Crippen molar-refractivity contribution in [2.45, 2.75) is 64.0 Å². The van der Waals surface area contributed by atoms with E-state index in [2.05, 4.69) is 10.3 Å². The third-order valence-corrected chi connectivity index (χ3v) is 6.71. The van der Waals surface area contributed by atoms with E-state index >= 15 is 0 Å². The summed E-state index contributed by atoms with van der Waals surface area (Å²) in [5.74, 6) is -1.43. The summed E-state index contributed by atoms with van der Waals surface area (Å²) in [4.78, 5) is 44.7. The minimum Gasteiger partial charge on any atom is -0.436 e. The Morgan fingerprint density at radius 3 is 2.63 bits per heavy atom. The molecule has 1 N–H and O–H groups in total. The number of hydrogen-bond donors (Lipinski definition) is 1. The molecule has 2 aromatic rings. The van der Waals surface area contributed by atoms with Gasteiger partial charge in [-0.15, -0.1) is 0 Å². The summed E-state index contributed by atoms with van der Waals surface area (Å²) < 4.78 is 30.2. The number of para-hydroxylation sites is 1. The lowest BCUT2D eigenvalue weighted by Gasteiger charge is -2.32. The maximum atomic E-state index is 13.9. The van der Waals surface area contributed by atoms with E-state index in [0.717, 1.165) is 25.7 Å². The SMILES string of the molecule is CC[C@H](NC(=O)O[C@@H](CC1CCCCC1)C(=O)N1CCOCC1)C(=O)c1nc2cccc(F)c2o1. The van der Waals surface area contributed by atoms with Crippen molar-refractivity contribution >= 4 is 28.9 Å². The van der Waals surface area contributed by atoms with Crippen LogP contribution in [0, 0.1) is 11.7 Å². The van der Waals surface area contributed by atoms with Crippen LogP contribution in [0.25, 0.3) is 11.1 Å². The fourth-order valence-electron chi connectivity index (χ4n) is 4.74. The number of halogens is 1. The molecule has 0 unspecified atom stereocenters.